The van der Waals surface area contributed by atoms with E-state index in [4.69, 9.17) is 10.5 Å². The van der Waals surface area contributed by atoms with Crippen LogP contribution in [0.5, 0.6) is 5.75 Å². The number of non-ortho nitro benzene ring substituents is 1. The Morgan fingerprint density at radius 1 is 1.37 bits per heavy atom. The first-order chi connectivity index (χ1) is 9.06. The highest BCUT2D eigenvalue weighted by Crippen LogP contribution is 2.24. The molecule has 1 aromatic heterocycles. The second kappa shape index (κ2) is 5.34. The molecule has 0 radical (unpaired) electrons. The van der Waals surface area contributed by atoms with Gasteiger partial charge >= 0.3 is 0 Å². The number of rotatable bonds is 4. The SMILES string of the molecule is Cc1ccc([N+](=O)[O-])cc1OCc1ccnc(N)c1. The molecule has 0 spiro atoms. The van der Waals surface area contributed by atoms with Crippen LogP contribution in [-0.2, 0) is 6.61 Å². The third-order valence-electron chi connectivity index (χ3n) is 2.62. The number of hydrogen-bond donors (Lipinski definition) is 1. The summed E-state index contributed by atoms with van der Waals surface area (Å²) in [5.74, 6) is 0.904. The van der Waals surface area contributed by atoms with E-state index in [1.165, 1.54) is 12.1 Å². The van der Waals surface area contributed by atoms with Gasteiger partial charge in [-0.1, -0.05) is 0 Å². The van der Waals surface area contributed by atoms with E-state index in [9.17, 15) is 10.1 Å². The Bertz CT molecular complexity index is 614. The molecule has 6 nitrogen and oxygen atoms in total. The summed E-state index contributed by atoms with van der Waals surface area (Å²) in [5, 5.41) is 10.7. The maximum atomic E-state index is 10.7. The standard InChI is InChI=1S/C13H13N3O3/c1-9-2-3-11(16(17)18)7-12(9)19-8-10-4-5-15-13(14)6-10/h2-7H,8H2,1H3,(H2,14,15). The molecule has 0 bridgehead atoms. The molecule has 6 heteroatoms. The lowest BCUT2D eigenvalue weighted by Gasteiger charge is -2.09. The average Bonchev–Trinajstić information content (AvgIpc) is 2.37. The summed E-state index contributed by atoms with van der Waals surface area (Å²) in [6.07, 6.45) is 1.59. The number of aryl methyl sites for hydroxylation is 1. The molecule has 0 amide bonds. The summed E-state index contributed by atoms with van der Waals surface area (Å²) < 4.78 is 5.58. The van der Waals surface area contributed by atoms with Gasteiger partial charge in [-0.05, 0) is 36.2 Å². The second-order valence-corrected chi connectivity index (χ2v) is 4.08. The Labute approximate surface area is 110 Å². The van der Waals surface area contributed by atoms with Crippen LogP contribution in [0.25, 0.3) is 0 Å². The van der Waals surface area contributed by atoms with Crippen molar-refractivity contribution in [2.75, 3.05) is 5.73 Å². The molecule has 2 rings (SSSR count). The summed E-state index contributed by atoms with van der Waals surface area (Å²) in [5.41, 5.74) is 7.27. The number of nitrogen functional groups attached to an aromatic ring is 1. The Hall–Kier alpha value is -2.63. The monoisotopic (exact) mass is 259 g/mol. The Morgan fingerprint density at radius 2 is 2.16 bits per heavy atom. The molecule has 0 saturated carbocycles. The first-order valence-corrected chi connectivity index (χ1v) is 5.64. The van der Waals surface area contributed by atoms with Crippen molar-refractivity contribution >= 4 is 11.5 Å². The van der Waals surface area contributed by atoms with Crippen molar-refractivity contribution in [2.45, 2.75) is 13.5 Å². The fourth-order valence-corrected chi connectivity index (χ4v) is 1.60. The highest BCUT2D eigenvalue weighted by Gasteiger charge is 2.09. The number of nitrogens with zero attached hydrogens (tertiary/aromatic N) is 2. The van der Waals surface area contributed by atoms with E-state index in [2.05, 4.69) is 4.98 Å². The smallest absolute Gasteiger partial charge is 0.273 e. The molecule has 0 atom stereocenters. The maximum Gasteiger partial charge on any atom is 0.273 e. The molecule has 98 valence electrons. The van der Waals surface area contributed by atoms with Gasteiger partial charge in [0.2, 0.25) is 0 Å². The summed E-state index contributed by atoms with van der Waals surface area (Å²) >= 11 is 0. The molecule has 0 aliphatic heterocycles. The van der Waals surface area contributed by atoms with Crippen LogP contribution in [0.3, 0.4) is 0 Å². The first kappa shape index (κ1) is 12.8. The number of ether oxygens (including phenoxy) is 1. The predicted octanol–water partition coefficient (Wildman–Crippen LogP) is 2.46. The molecule has 1 heterocycles. The van der Waals surface area contributed by atoms with Crippen molar-refractivity contribution < 1.29 is 9.66 Å². The molecular weight excluding hydrogens is 246 g/mol. The third kappa shape index (κ3) is 3.19. The number of anilines is 1. The summed E-state index contributed by atoms with van der Waals surface area (Å²) in [7, 11) is 0. The van der Waals surface area contributed by atoms with Gasteiger partial charge in [-0.25, -0.2) is 4.98 Å². The van der Waals surface area contributed by atoms with Crippen LogP contribution in [-0.4, -0.2) is 9.91 Å². The number of nitrogens with two attached hydrogens (primary N) is 1. The Morgan fingerprint density at radius 3 is 2.84 bits per heavy atom. The van der Waals surface area contributed by atoms with Crippen LogP contribution in [0.2, 0.25) is 0 Å². The van der Waals surface area contributed by atoms with Crippen LogP contribution in [0.4, 0.5) is 11.5 Å². The molecule has 19 heavy (non-hydrogen) atoms. The van der Waals surface area contributed by atoms with Crippen LogP contribution in [0.1, 0.15) is 11.1 Å². The van der Waals surface area contributed by atoms with Gasteiger partial charge in [0, 0.05) is 12.3 Å². The van der Waals surface area contributed by atoms with Crippen molar-refractivity contribution in [3.05, 3.63) is 57.8 Å². The molecule has 2 aromatic rings. The quantitative estimate of drug-likeness (QED) is 0.672. The molecular formula is C13H13N3O3. The fraction of sp³-hybridized carbons (Fsp3) is 0.154. The van der Waals surface area contributed by atoms with E-state index in [1.807, 2.05) is 6.92 Å². The van der Waals surface area contributed by atoms with Gasteiger partial charge in [0.15, 0.2) is 0 Å². The van der Waals surface area contributed by atoms with Gasteiger partial charge in [0.25, 0.3) is 5.69 Å². The maximum absolute atomic E-state index is 10.7. The molecule has 1 aromatic carbocycles. The Balaban J connectivity index is 2.15. The highest BCUT2D eigenvalue weighted by molar-refractivity contribution is 5.43. The molecule has 0 fully saturated rings. The summed E-state index contributed by atoms with van der Waals surface area (Å²) in [4.78, 5) is 14.1. The molecule has 0 aliphatic rings. The summed E-state index contributed by atoms with van der Waals surface area (Å²) in [6.45, 7) is 2.12. The van der Waals surface area contributed by atoms with Crippen LogP contribution < -0.4 is 10.5 Å². The van der Waals surface area contributed by atoms with Gasteiger partial charge < -0.3 is 10.5 Å². The topological polar surface area (TPSA) is 91.3 Å². The Kier molecular flexibility index (Phi) is 3.61. The zero-order valence-electron chi connectivity index (χ0n) is 10.4. The highest BCUT2D eigenvalue weighted by atomic mass is 16.6. The van der Waals surface area contributed by atoms with Crippen molar-refractivity contribution in [1.82, 2.24) is 4.98 Å². The van der Waals surface area contributed by atoms with Gasteiger partial charge in [-0.3, -0.25) is 10.1 Å². The minimum Gasteiger partial charge on any atom is -0.488 e. The number of benzene rings is 1. The number of aromatic nitrogens is 1. The number of pyridine rings is 1. The molecule has 0 unspecified atom stereocenters. The predicted molar refractivity (Wildman–Crippen MR) is 70.8 cm³/mol. The van der Waals surface area contributed by atoms with Crippen LogP contribution >= 0.6 is 0 Å². The third-order valence-corrected chi connectivity index (χ3v) is 2.62. The molecule has 2 N–H and O–H groups in total. The van der Waals surface area contributed by atoms with E-state index in [0.717, 1.165) is 11.1 Å². The largest absolute Gasteiger partial charge is 0.488 e. The van der Waals surface area contributed by atoms with Crippen molar-refractivity contribution in [3.63, 3.8) is 0 Å². The van der Waals surface area contributed by atoms with Gasteiger partial charge in [-0.15, -0.1) is 0 Å². The second-order valence-electron chi connectivity index (χ2n) is 4.08. The van der Waals surface area contributed by atoms with Crippen molar-refractivity contribution in [2.24, 2.45) is 0 Å². The van der Waals surface area contributed by atoms with Gasteiger partial charge in [0.05, 0.1) is 11.0 Å². The number of nitro benzene ring substituents is 1. The zero-order valence-corrected chi connectivity index (χ0v) is 10.4. The number of hydrogen-bond acceptors (Lipinski definition) is 5. The van der Waals surface area contributed by atoms with Crippen molar-refractivity contribution in [3.8, 4) is 5.75 Å². The fourth-order valence-electron chi connectivity index (χ4n) is 1.60. The lowest BCUT2D eigenvalue weighted by atomic mass is 10.2. The first-order valence-electron chi connectivity index (χ1n) is 5.64. The molecule has 0 saturated heterocycles. The normalized spacial score (nSPS) is 10.2. The van der Waals surface area contributed by atoms with E-state index in [1.54, 1.807) is 24.4 Å². The molecule has 0 aliphatic carbocycles. The minimum atomic E-state index is -0.448. The van der Waals surface area contributed by atoms with E-state index >= 15 is 0 Å². The van der Waals surface area contributed by atoms with Gasteiger partial charge in [0.1, 0.15) is 18.2 Å². The van der Waals surface area contributed by atoms with E-state index in [-0.39, 0.29) is 12.3 Å². The van der Waals surface area contributed by atoms with E-state index in [0.29, 0.717) is 11.6 Å². The van der Waals surface area contributed by atoms with Crippen LogP contribution in [0.15, 0.2) is 36.5 Å². The lowest BCUT2D eigenvalue weighted by molar-refractivity contribution is -0.385. The van der Waals surface area contributed by atoms with E-state index < -0.39 is 4.92 Å². The number of nitro groups is 1. The van der Waals surface area contributed by atoms with Crippen molar-refractivity contribution in [1.29, 1.82) is 0 Å². The lowest BCUT2D eigenvalue weighted by Crippen LogP contribution is -2.00. The zero-order chi connectivity index (χ0) is 13.8. The summed E-state index contributed by atoms with van der Waals surface area (Å²) in [6, 6.07) is 8.01. The average molecular weight is 259 g/mol. The van der Waals surface area contributed by atoms with Gasteiger partial charge in [-0.2, -0.15) is 0 Å². The van der Waals surface area contributed by atoms with Crippen LogP contribution in [0, 0.1) is 17.0 Å². The minimum absolute atomic E-state index is 0.00911.